The van der Waals surface area contributed by atoms with E-state index in [-0.39, 0.29) is 0 Å². The summed E-state index contributed by atoms with van der Waals surface area (Å²) in [5, 5.41) is 0. The van der Waals surface area contributed by atoms with E-state index in [1.54, 1.807) is 0 Å². The molecule has 1 nitrogen and oxygen atoms in total. The lowest BCUT2D eigenvalue weighted by Crippen LogP contribution is -1.87. The van der Waals surface area contributed by atoms with Gasteiger partial charge in [-0.25, -0.2) is 0 Å². The maximum atomic E-state index is 10.7. The zero-order chi connectivity index (χ0) is 12.3. The van der Waals surface area contributed by atoms with Gasteiger partial charge in [-0.1, -0.05) is 49.1 Å². The molecule has 1 heteroatoms. The van der Waals surface area contributed by atoms with E-state index in [0.29, 0.717) is 5.56 Å². The van der Waals surface area contributed by atoms with Crippen LogP contribution in [0.25, 0.3) is 17.2 Å². The molecule has 0 aliphatic rings. The van der Waals surface area contributed by atoms with E-state index in [0.717, 1.165) is 28.5 Å². The first kappa shape index (κ1) is 11.3. The second-order valence-corrected chi connectivity index (χ2v) is 4.02. The van der Waals surface area contributed by atoms with Crippen LogP contribution in [0.5, 0.6) is 0 Å². The molecule has 0 N–H and O–H groups in total. The summed E-state index contributed by atoms with van der Waals surface area (Å²) in [7, 11) is 0. The molecular formula is C16H14O. The van der Waals surface area contributed by atoms with Gasteiger partial charge in [-0.15, -0.1) is 0 Å². The van der Waals surface area contributed by atoms with Crippen molar-refractivity contribution in [2.24, 2.45) is 0 Å². The van der Waals surface area contributed by atoms with Crippen molar-refractivity contribution in [3.8, 4) is 11.1 Å². The molecule has 0 fully saturated rings. The molecule has 0 radical (unpaired) electrons. The normalized spacial score (nSPS) is 9.94. The summed E-state index contributed by atoms with van der Waals surface area (Å²) in [5.41, 5.74) is 5.25. The molecule has 0 spiro atoms. The highest BCUT2D eigenvalue weighted by molar-refractivity contribution is 5.78. The van der Waals surface area contributed by atoms with E-state index in [1.165, 1.54) is 0 Å². The molecule has 2 rings (SSSR count). The molecule has 0 amide bonds. The van der Waals surface area contributed by atoms with Gasteiger partial charge in [0.1, 0.15) is 6.29 Å². The lowest BCUT2D eigenvalue weighted by atomic mass is 9.98. The monoisotopic (exact) mass is 222 g/mol. The Balaban J connectivity index is 2.45. The minimum Gasteiger partial charge on any atom is -0.298 e. The van der Waals surface area contributed by atoms with E-state index < -0.39 is 0 Å². The molecule has 0 saturated carbocycles. The Morgan fingerprint density at radius 2 is 1.65 bits per heavy atom. The van der Waals surface area contributed by atoms with Gasteiger partial charge in [-0.3, -0.25) is 4.79 Å². The summed E-state index contributed by atoms with van der Waals surface area (Å²) in [6.07, 6.45) is 2.70. The number of benzene rings is 2. The third-order valence-electron chi connectivity index (χ3n) is 2.84. The molecule has 0 atom stereocenters. The van der Waals surface area contributed by atoms with Gasteiger partial charge in [0.2, 0.25) is 0 Å². The number of carbonyl (C=O) groups is 1. The number of rotatable bonds is 3. The van der Waals surface area contributed by atoms with Gasteiger partial charge in [0.25, 0.3) is 0 Å². The highest BCUT2D eigenvalue weighted by atomic mass is 16.1. The minimum absolute atomic E-state index is 0.717. The predicted octanol–water partition coefficient (Wildman–Crippen LogP) is 4.12. The zero-order valence-corrected chi connectivity index (χ0v) is 9.81. The number of hydrogen-bond donors (Lipinski definition) is 0. The summed E-state index contributed by atoms with van der Waals surface area (Å²) in [4.78, 5) is 10.7. The first-order valence-electron chi connectivity index (χ1n) is 5.53. The van der Waals surface area contributed by atoms with E-state index in [2.05, 4.69) is 18.7 Å². The van der Waals surface area contributed by atoms with Crippen LogP contribution in [-0.2, 0) is 0 Å². The summed E-state index contributed by atoms with van der Waals surface area (Å²) in [5.74, 6) is 0. The Hall–Kier alpha value is -2.15. The fraction of sp³-hybridized carbons (Fsp3) is 0.0625. The topological polar surface area (TPSA) is 17.1 Å². The molecule has 0 heterocycles. The Bertz CT molecular complexity index is 550. The number of carbonyl (C=O) groups excluding carboxylic acids is 1. The average Bonchev–Trinajstić information content (AvgIpc) is 2.39. The first-order valence-corrected chi connectivity index (χ1v) is 5.53. The fourth-order valence-corrected chi connectivity index (χ4v) is 1.88. The molecule has 2 aromatic rings. The smallest absolute Gasteiger partial charge is 0.150 e. The van der Waals surface area contributed by atoms with E-state index in [1.807, 2.05) is 43.3 Å². The molecule has 0 aliphatic heterocycles. The van der Waals surface area contributed by atoms with Crippen molar-refractivity contribution in [1.82, 2.24) is 0 Å². The van der Waals surface area contributed by atoms with E-state index in [9.17, 15) is 4.79 Å². The quantitative estimate of drug-likeness (QED) is 0.714. The van der Waals surface area contributed by atoms with Gasteiger partial charge in [0, 0.05) is 5.56 Å². The maximum Gasteiger partial charge on any atom is 0.150 e. The van der Waals surface area contributed by atoms with Crippen LogP contribution in [0.15, 0.2) is 49.0 Å². The van der Waals surface area contributed by atoms with E-state index >= 15 is 0 Å². The lowest BCUT2D eigenvalue weighted by Gasteiger charge is -2.07. The van der Waals surface area contributed by atoms with Crippen molar-refractivity contribution in [3.63, 3.8) is 0 Å². The zero-order valence-electron chi connectivity index (χ0n) is 9.81. The maximum absolute atomic E-state index is 10.7. The fourth-order valence-electron chi connectivity index (χ4n) is 1.88. The highest BCUT2D eigenvalue weighted by Gasteiger charge is 2.02. The summed E-state index contributed by atoms with van der Waals surface area (Å²) in [6, 6.07) is 14.0. The van der Waals surface area contributed by atoms with Crippen molar-refractivity contribution in [3.05, 3.63) is 65.7 Å². The molecule has 0 aliphatic carbocycles. The van der Waals surface area contributed by atoms with Crippen LogP contribution in [0.3, 0.4) is 0 Å². The lowest BCUT2D eigenvalue weighted by molar-refractivity contribution is 0.112. The standard InChI is InChI=1S/C16H14O/c1-3-13-4-7-15(8-5-13)16-9-6-14(11-17)10-12(16)2/h3-11H,1H2,2H3. The van der Waals surface area contributed by atoms with Crippen LogP contribution in [0.4, 0.5) is 0 Å². The van der Waals surface area contributed by atoms with Crippen LogP contribution in [0.1, 0.15) is 21.5 Å². The minimum atomic E-state index is 0.717. The SMILES string of the molecule is C=Cc1ccc(-c2ccc(C=O)cc2C)cc1. The van der Waals surface area contributed by atoms with Crippen LogP contribution in [0, 0.1) is 6.92 Å². The second-order valence-electron chi connectivity index (χ2n) is 4.02. The molecule has 0 unspecified atom stereocenters. The van der Waals surface area contributed by atoms with Crippen LogP contribution < -0.4 is 0 Å². The first-order chi connectivity index (χ1) is 8.24. The number of aldehydes is 1. The Kier molecular flexibility index (Phi) is 3.20. The van der Waals surface area contributed by atoms with Crippen LogP contribution in [-0.4, -0.2) is 6.29 Å². The van der Waals surface area contributed by atoms with Crippen LogP contribution >= 0.6 is 0 Å². The van der Waals surface area contributed by atoms with Gasteiger partial charge in [-0.05, 0) is 35.2 Å². The van der Waals surface area contributed by atoms with Crippen molar-refractivity contribution in [1.29, 1.82) is 0 Å². The van der Waals surface area contributed by atoms with Gasteiger partial charge in [0.05, 0.1) is 0 Å². The number of hydrogen-bond acceptors (Lipinski definition) is 1. The Morgan fingerprint density at radius 3 is 2.18 bits per heavy atom. The molecule has 0 aromatic heterocycles. The van der Waals surface area contributed by atoms with Gasteiger partial charge < -0.3 is 0 Å². The molecule has 2 aromatic carbocycles. The Morgan fingerprint density at radius 1 is 1.00 bits per heavy atom. The Labute approximate surface area is 101 Å². The van der Waals surface area contributed by atoms with Crippen molar-refractivity contribution < 1.29 is 4.79 Å². The molecule has 17 heavy (non-hydrogen) atoms. The molecule has 84 valence electrons. The van der Waals surface area contributed by atoms with Gasteiger partial charge in [0.15, 0.2) is 0 Å². The number of aryl methyl sites for hydroxylation is 1. The van der Waals surface area contributed by atoms with Gasteiger partial charge in [-0.2, -0.15) is 0 Å². The third kappa shape index (κ3) is 2.34. The third-order valence-corrected chi connectivity index (χ3v) is 2.84. The van der Waals surface area contributed by atoms with Gasteiger partial charge >= 0.3 is 0 Å². The van der Waals surface area contributed by atoms with Crippen molar-refractivity contribution in [2.75, 3.05) is 0 Å². The largest absolute Gasteiger partial charge is 0.298 e. The second kappa shape index (κ2) is 4.79. The average molecular weight is 222 g/mol. The molecular weight excluding hydrogens is 208 g/mol. The molecule has 0 saturated heterocycles. The summed E-state index contributed by atoms with van der Waals surface area (Å²) in [6.45, 7) is 5.75. The van der Waals surface area contributed by atoms with Crippen LogP contribution in [0.2, 0.25) is 0 Å². The summed E-state index contributed by atoms with van der Waals surface area (Å²) >= 11 is 0. The van der Waals surface area contributed by atoms with E-state index in [4.69, 9.17) is 0 Å². The molecule has 0 bridgehead atoms. The summed E-state index contributed by atoms with van der Waals surface area (Å²) < 4.78 is 0. The van der Waals surface area contributed by atoms with Crippen molar-refractivity contribution in [2.45, 2.75) is 6.92 Å². The predicted molar refractivity (Wildman–Crippen MR) is 72.1 cm³/mol. The highest BCUT2D eigenvalue weighted by Crippen LogP contribution is 2.24. The van der Waals surface area contributed by atoms with Crippen molar-refractivity contribution >= 4 is 12.4 Å².